The molecule has 1 aromatic carbocycles. The van der Waals surface area contributed by atoms with Gasteiger partial charge in [-0.05, 0) is 37.0 Å². The SMILES string of the molecule is O=C(CNC(=O)C1CC1)NCCc1ccc(Cl)cc1. The van der Waals surface area contributed by atoms with Crippen molar-refractivity contribution in [3.8, 4) is 0 Å². The summed E-state index contributed by atoms with van der Waals surface area (Å²) in [6.07, 6.45) is 2.65. The van der Waals surface area contributed by atoms with Crippen molar-refractivity contribution < 1.29 is 9.59 Å². The smallest absolute Gasteiger partial charge is 0.239 e. The first-order valence-electron chi connectivity index (χ1n) is 6.44. The van der Waals surface area contributed by atoms with E-state index in [2.05, 4.69) is 10.6 Å². The van der Waals surface area contributed by atoms with Gasteiger partial charge in [-0.1, -0.05) is 23.7 Å². The van der Waals surface area contributed by atoms with Crippen molar-refractivity contribution in [1.82, 2.24) is 10.6 Å². The minimum atomic E-state index is -0.150. The Balaban J connectivity index is 1.60. The molecule has 0 spiro atoms. The van der Waals surface area contributed by atoms with Crippen molar-refractivity contribution >= 4 is 23.4 Å². The molecular weight excluding hydrogens is 264 g/mol. The van der Waals surface area contributed by atoms with Crippen LogP contribution >= 0.6 is 11.6 Å². The quantitative estimate of drug-likeness (QED) is 0.830. The van der Waals surface area contributed by atoms with Crippen LogP contribution in [-0.4, -0.2) is 24.9 Å². The lowest BCUT2D eigenvalue weighted by Gasteiger charge is -2.06. The second kappa shape index (κ2) is 6.57. The van der Waals surface area contributed by atoms with Crippen LogP contribution in [-0.2, 0) is 16.0 Å². The molecule has 5 heteroatoms. The molecule has 1 aliphatic carbocycles. The Kier molecular flexibility index (Phi) is 4.80. The number of hydrogen-bond acceptors (Lipinski definition) is 2. The predicted molar refractivity (Wildman–Crippen MR) is 73.9 cm³/mol. The number of carbonyl (C=O) groups is 2. The van der Waals surface area contributed by atoms with Gasteiger partial charge in [0, 0.05) is 17.5 Å². The maximum absolute atomic E-state index is 11.5. The van der Waals surface area contributed by atoms with Crippen LogP contribution in [0.4, 0.5) is 0 Å². The van der Waals surface area contributed by atoms with E-state index in [0.29, 0.717) is 11.6 Å². The van der Waals surface area contributed by atoms with E-state index in [1.165, 1.54) is 0 Å². The molecule has 102 valence electrons. The van der Waals surface area contributed by atoms with Crippen molar-refractivity contribution in [3.05, 3.63) is 34.9 Å². The van der Waals surface area contributed by atoms with Crippen LogP contribution in [0.15, 0.2) is 24.3 Å². The number of benzene rings is 1. The Morgan fingerprint density at radius 3 is 2.47 bits per heavy atom. The Bertz CT molecular complexity index is 455. The van der Waals surface area contributed by atoms with Gasteiger partial charge in [-0.15, -0.1) is 0 Å². The third-order valence-electron chi connectivity index (χ3n) is 3.02. The second-order valence-electron chi connectivity index (χ2n) is 4.72. The van der Waals surface area contributed by atoms with Crippen LogP contribution in [0.25, 0.3) is 0 Å². The minimum Gasteiger partial charge on any atom is -0.354 e. The molecule has 1 saturated carbocycles. The first-order valence-corrected chi connectivity index (χ1v) is 6.82. The fourth-order valence-electron chi connectivity index (χ4n) is 1.72. The molecule has 0 unspecified atom stereocenters. The third-order valence-corrected chi connectivity index (χ3v) is 3.27. The number of carbonyl (C=O) groups excluding carboxylic acids is 2. The normalized spacial score (nSPS) is 13.9. The van der Waals surface area contributed by atoms with Gasteiger partial charge in [0.05, 0.1) is 6.54 Å². The molecule has 2 amide bonds. The fraction of sp³-hybridized carbons (Fsp3) is 0.429. The lowest BCUT2D eigenvalue weighted by atomic mass is 10.1. The van der Waals surface area contributed by atoms with Gasteiger partial charge in [0.1, 0.15) is 0 Å². The number of amides is 2. The molecule has 4 nitrogen and oxygen atoms in total. The van der Waals surface area contributed by atoms with E-state index >= 15 is 0 Å². The molecule has 0 saturated heterocycles. The summed E-state index contributed by atoms with van der Waals surface area (Å²) in [6.45, 7) is 0.621. The molecule has 1 aliphatic rings. The first-order chi connectivity index (χ1) is 9.15. The van der Waals surface area contributed by atoms with Crippen LogP contribution in [0, 0.1) is 5.92 Å². The van der Waals surface area contributed by atoms with Crippen molar-refractivity contribution in [3.63, 3.8) is 0 Å². The lowest BCUT2D eigenvalue weighted by Crippen LogP contribution is -2.38. The molecule has 2 rings (SSSR count). The summed E-state index contributed by atoms with van der Waals surface area (Å²) >= 11 is 5.79. The maximum Gasteiger partial charge on any atom is 0.239 e. The van der Waals surface area contributed by atoms with Crippen LogP contribution in [0.1, 0.15) is 18.4 Å². The molecule has 0 radical (unpaired) electrons. The van der Waals surface area contributed by atoms with Crippen molar-refractivity contribution in [2.24, 2.45) is 5.92 Å². The van der Waals surface area contributed by atoms with Gasteiger partial charge in [0.15, 0.2) is 0 Å². The average Bonchev–Trinajstić information content (AvgIpc) is 3.23. The molecule has 0 atom stereocenters. The van der Waals surface area contributed by atoms with E-state index in [1.54, 1.807) is 0 Å². The summed E-state index contributed by atoms with van der Waals surface area (Å²) in [7, 11) is 0. The minimum absolute atomic E-state index is 0.00662. The molecule has 1 aromatic rings. The fourth-order valence-corrected chi connectivity index (χ4v) is 1.84. The van der Waals surface area contributed by atoms with Gasteiger partial charge < -0.3 is 10.6 Å². The molecule has 19 heavy (non-hydrogen) atoms. The highest BCUT2D eigenvalue weighted by molar-refractivity contribution is 6.30. The Hall–Kier alpha value is -1.55. The number of hydrogen-bond donors (Lipinski definition) is 2. The summed E-state index contributed by atoms with van der Waals surface area (Å²) < 4.78 is 0. The summed E-state index contributed by atoms with van der Waals surface area (Å²) in [6, 6.07) is 7.52. The van der Waals surface area contributed by atoms with E-state index in [9.17, 15) is 9.59 Å². The number of nitrogens with one attached hydrogen (secondary N) is 2. The van der Waals surface area contributed by atoms with Crippen LogP contribution < -0.4 is 10.6 Å². The van der Waals surface area contributed by atoms with Gasteiger partial charge >= 0.3 is 0 Å². The van der Waals surface area contributed by atoms with Gasteiger partial charge in [-0.2, -0.15) is 0 Å². The Morgan fingerprint density at radius 1 is 1.16 bits per heavy atom. The van der Waals surface area contributed by atoms with E-state index in [1.807, 2.05) is 24.3 Å². The molecule has 0 bridgehead atoms. The highest BCUT2D eigenvalue weighted by atomic mass is 35.5. The van der Waals surface area contributed by atoms with E-state index in [0.717, 1.165) is 24.8 Å². The maximum atomic E-state index is 11.5. The second-order valence-corrected chi connectivity index (χ2v) is 5.15. The molecule has 0 aromatic heterocycles. The van der Waals surface area contributed by atoms with Gasteiger partial charge in [0.25, 0.3) is 0 Å². The topological polar surface area (TPSA) is 58.2 Å². The van der Waals surface area contributed by atoms with Crippen LogP contribution in [0.3, 0.4) is 0 Å². The average molecular weight is 281 g/mol. The zero-order chi connectivity index (χ0) is 13.7. The summed E-state index contributed by atoms with van der Waals surface area (Å²) in [5.41, 5.74) is 1.12. The highest BCUT2D eigenvalue weighted by Crippen LogP contribution is 2.28. The van der Waals surface area contributed by atoms with E-state index < -0.39 is 0 Å². The van der Waals surface area contributed by atoms with Crippen LogP contribution in [0.2, 0.25) is 5.02 Å². The van der Waals surface area contributed by atoms with Crippen molar-refractivity contribution in [2.45, 2.75) is 19.3 Å². The third kappa shape index (κ3) is 4.91. The molecular formula is C14H17ClN2O2. The lowest BCUT2D eigenvalue weighted by molar-refractivity contribution is -0.126. The standard InChI is InChI=1S/C14H17ClN2O2/c15-12-5-1-10(2-6-12)7-8-16-13(18)9-17-14(19)11-3-4-11/h1-2,5-6,11H,3-4,7-9H2,(H,16,18)(H,17,19). The highest BCUT2D eigenvalue weighted by Gasteiger charge is 2.29. The Morgan fingerprint density at radius 2 is 1.84 bits per heavy atom. The van der Waals surface area contributed by atoms with Crippen molar-refractivity contribution in [2.75, 3.05) is 13.1 Å². The molecule has 0 aliphatic heterocycles. The molecule has 2 N–H and O–H groups in total. The molecule has 1 fully saturated rings. The van der Waals surface area contributed by atoms with Gasteiger partial charge in [0.2, 0.25) is 11.8 Å². The summed E-state index contributed by atoms with van der Waals surface area (Å²) in [5.74, 6) is -0.0160. The van der Waals surface area contributed by atoms with Crippen molar-refractivity contribution in [1.29, 1.82) is 0 Å². The first kappa shape index (κ1) is 13.9. The summed E-state index contributed by atoms with van der Waals surface area (Å²) in [4.78, 5) is 22.8. The van der Waals surface area contributed by atoms with E-state index in [-0.39, 0.29) is 24.3 Å². The van der Waals surface area contributed by atoms with Crippen LogP contribution in [0.5, 0.6) is 0 Å². The zero-order valence-electron chi connectivity index (χ0n) is 10.6. The Labute approximate surface area is 117 Å². The summed E-state index contributed by atoms with van der Waals surface area (Å²) in [5, 5.41) is 6.11. The monoisotopic (exact) mass is 280 g/mol. The predicted octanol–water partition coefficient (Wildman–Crippen LogP) is 1.52. The molecule has 0 heterocycles. The largest absolute Gasteiger partial charge is 0.354 e. The van der Waals surface area contributed by atoms with Gasteiger partial charge in [-0.25, -0.2) is 0 Å². The van der Waals surface area contributed by atoms with Gasteiger partial charge in [-0.3, -0.25) is 9.59 Å². The van der Waals surface area contributed by atoms with E-state index in [4.69, 9.17) is 11.6 Å². The number of rotatable bonds is 6. The number of halogens is 1. The zero-order valence-corrected chi connectivity index (χ0v) is 11.4.